The molecule has 2 aliphatic heterocycles. The SMILES string of the molecule is CC(C)(O)[C@]12CO[C@@](c3ccc(Cl)c(Cc4ccc(OCC(F)(F)F)cc4)c3)(O1)[C@H](O)[C@@H](O)[C@@H]2O. The Labute approximate surface area is 204 Å². The van der Waals surface area contributed by atoms with Crippen molar-refractivity contribution in [1.82, 2.24) is 0 Å². The van der Waals surface area contributed by atoms with E-state index in [9.17, 15) is 33.6 Å². The summed E-state index contributed by atoms with van der Waals surface area (Å²) < 4.78 is 53.7. The van der Waals surface area contributed by atoms with Crippen molar-refractivity contribution in [3.8, 4) is 5.75 Å². The Morgan fingerprint density at radius 3 is 2.31 bits per heavy atom. The Kier molecular flexibility index (Phi) is 6.63. The van der Waals surface area contributed by atoms with Gasteiger partial charge in [0.2, 0.25) is 5.79 Å². The van der Waals surface area contributed by atoms with Crippen LogP contribution in [0.15, 0.2) is 42.5 Å². The van der Waals surface area contributed by atoms with Gasteiger partial charge in [-0.15, -0.1) is 0 Å². The highest BCUT2D eigenvalue weighted by atomic mass is 35.5. The molecule has 0 aromatic heterocycles. The minimum absolute atomic E-state index is 0.0680. The Morgan fingerprint density at radius 1 is 1.06 bits per heavy atom. The third-order valence-electron chi connectivity index (χ3n) is 6.55. The molecule has 2 aromatic rings. The van der Waals surface area contributed by atoms with Crippen molar-refractivity contribution in [3.05, 3.63) is 64.2 Å². The highest BCUT2D eigenvalue weighted by Gasteiger charge is 2.71. The van der Waals surface area contributed by atoms with E-state index in [1.807, 2.05) is 0 Å². The summed E-state index contributed by atoms with van der Waals surface area (Å²) in [5.41, 5.74) is -1.70. The van der Waals surface area contributed by atoms with E-state index in [1.54, 1.807) is 30.3 Å². The minimum Gasteiger partial charge on any atom is -0.484 e. The Hall–Kier alpha value is -1.92. The van der Waals surface area contributed by atoms with Crippen LogP contribution in [0.25, 0.3) is 0 Å². The second-order valence-electron chi connectivity index (χ2n) is 9.42. The third kappa shape index (κ3) is 4.64. The normalized spacial score (nSPS) is 31.0. The second-order valence-corrected chi connectivity index (χ2v) is 9.82. The first-order valence-corrected chi connectivity index (χ1v) is 11.2. The number of fused-ring (bicyclic) bond motifs is 2. The molecule has 0 aliphatic carbocycles. The van der Waals surface area contributed by atoms with Crippen molar-refractivity contribution in [2.75, 3.05) is 13.2 Å². The fourth-order valence-electron chi connectivity index (χ4n) is 4.50. The molecule has 2 fully saturated rings. The average Bonchev–Trinajstić information content (AvgIpc) is 3.18. The summed E-state index contributed by atoms with van der Waals surface area (Å²) in [7, 11) is 0. The quantitative estimate of drug-likeness (QED) is 0.465. The van der Waals surface area contributed by atoms with Gasteiger partial charge in [-0.25, -0.2) is 0 Å². The number of ether oxygens (including phenoxy) is 3. The van der Waals surface area contributed by atoms with Gasteiger partial charge in [-0.1, -0.05) is 29.8 Å². The number of alkyl halides is 3. The standard InChI is InChI=1S/C24H26ClF3O7/c1-21(2,32)22-11-34-24(35-22,20(31)18(29)19(22)30)15-5-8-17(25)14(10-15)9-13-3-6-16(7-4-13)33-12-23(26,27)28/h3-8,10,18-20,29-32H,9,11-12H2,1-2H3/t18-,19-,20+,22+,24-/m0/s1. The molecule has 0 unspecified atom stereocenters. The predicted molar refractivity (Wildman–Crippen MR) is 118 cm³/mol. The fourth-order valence-corrected chi connectivity index (χ4v) is 4.69. The molecule has 2 aromatic carbocycles. The Bertz CT molecular complexity index is 1070. The Morgan fingerprint density at radius 2 is 1.71 bits per heavy atom. The zero-order valence-electron chi connectivity index (χ0n) is 18.9. The van der Waals surface area contributed by atoms with Crippen LogP contribution in [-0.4, -0.2) is 69.3 Å². The zero-order valence-corrected chi connectivity index (χ0v) is 19.7. The largest absolute Gasteiger partial charge is 0.484 e. The summed E-state index contributed by atoms with van der Waals surface area (Å²) in [6.07, 6.45) is -9.11. The molecule has 35 heavy (non-hydrogen) atoms. The maximum atomic E-state index is 12.3. The van der Waals surface area contributed by atoms with Crippen molar-refractivity contribution in [3.63, 3.8) is 0 Å². The molecule has 7 nitrogen and oxygen atoms in total. The number of hydrogen-bond donors (Lipinski definition) is 4. The number of halogens is 4. The summed E-state index contributed by atoms with van der Waals surface area (Å²) >= 11 is 6.38. The van der Waals surface area contributed by atoms with Crippen LogP contribution >= 0.6 is 11.6 Å². The molecular formula is C24H26ClF3O7. The molecule has 4 N–H and O–H groups in total. The van der Waals surface area contributed by atoms with Crippen LogP contribution in [0.4, 0.5) is 13.2 Å². The van der Waals surface area contributed by atoms with E-state index in [2.05, 4.69) is 0 Å². The molecule has 2 saturated heterocycles. The number of benzene rings is 2. The lowest BCUT2D eigenvalue weighted by Crippen LogP contribution is -2.70. The molecule has 0 radical (unpaired) electrons. The topological polar surface area (TPSA) is 109 Å². The van der Waals surface area contributed by atoms with E-state index in [1.165, 1.54) is 26.0 Å². The van der Waals surface area contributed by atoms with Gasteiger partial charge in [0, 0.05) is 10.6 Å². The van der Waals surface area contributed by atoms with E-state index >= 15 is 0 Å². The van der Waals surface area contributed by atoms with Crippen molar-refractivity contribution < 1.29 is 47.8 Å². The lowest BCUT2D eigenvalue weighted by Gasteiger charge is -2.50. The average molecular weight is 519 g/mol. The van der Waals surface area contributed by atoms with Crippen LogP contribution in [0.1, 0.15) is 30.5 Å². The Balaban J connectivity index is 1.61. The van der Waals surface area contributed by atoms with Gasteiger partial charge in [-0.05, 0) is 55.7 Å². The van der Waals surface area contributed by atoms with Crippen LogP contribution < -0.4 is 4.74 Å². The highest BCUT2D eigenvalue weighted by Crippen LogP contribution is 2.53. The molecule has 0 saturated carbocycles. The van der Waals surface area contributed by atoms with Gasteiger partial charge in [0.25, 0.3) is 0 Å². The molecule has 192 valence electrons. The first kappa shape index (κ1) is 26.2. The molecule has 0 amide bonds. The summed E-state index contributed by atoms with van der Waals surface area (Å²) in [4.78, 5) is 0. The summed E-state index contributed by atoms with van der Waals surface area (Å²) in [5.74, 6) is -1.80. The molecule has 11 heteroatoms. The molecule has 2 bridgehead atoms. The number of aliphatic hydroxyl groups excluding tert-OH is 3. The summed E-state index contributed by atoms with van der Waals surface area (Å²) in [5, 5.41) is 43.1. The summed E-state index contributed by atoms with van der Waals surface area (Å²) in [6, 6.07) is 10.8. The van der Waals surface area contributed by atoms with E-state index in [0.717, 1.165) is 5.56 Å². The monoisotopic (exact) mass is 518 g/mol. The zero-order chi connectivity index (χ0) is 25.8. The first-order valence-electron chi connectivity index (χ1n) is 10.9. The van der Waals surface area contributed by atoms with Crippen molar-refractivity contribution in [2.45, 2.75) is 61.7 Å². The first-order chi connectivity index (χ1) is 16.2. The molecule has 5 atom stereocenters. The lowest BCUT2D eigenvalue weighted by atomic mass is 9.75. The van der Waals surface area contributed by atoms with Crippen molar-refractivity contribution >= 4 is 11.6 Å². The molecule has 4 rings (SSSR count). The highest BCUT2D eigenvalue weighted by molar-refractivity contribution is 6.31. The maximum absolute atomic E-state index is 12.3. The van der Waals surface area contributed by atoms with Gasteiger partial charge in [0.1, 0.15) is 24.1 Å². The molecule has 2 heterocycles. The number of rotatable bonds is 6. The number of hydrogen-bond acceptors (Lipinski definition) is 7. The molecule has 2 aliphatic rings. The van der Waals surface area contributed by atoms with Gasteiger partial charge < -0.3 is 34.6 Å². The second kappa shape index (κ2) is 8.88. The minimum atomic E-state index is -4.44. The predicted octanol–water partition coefficient (Wildman–Crippen LogP) is 2.68. The van der Waals surface area contributed by atoms with Crippen LogP contribution in [-0.2, 0) is 21.7 Å². The van der Waals surface area contributed by atoms with E-state index in [4.69, 9.17) is 25.8 Å². The van der Waals surface area contributed by atoms with E-state index in [0.29, 0.717) is 16.1 Å². The smallest absolute Gasteiger partial charge is 0.422 e. The van der Waals surface area contributed by atoms with Gasteiger partial charge in [-0.2, -0.15) is 13.2 Å². The fraction of sp³-hybridized carbons (Fsp3) is 0.500. The van der Waals surface area contributed by atoms with Crippen molar-refractivity contribution in [1.29, 1.82) is 0 Å². The van der Waals surface area contributed by atoms with Crippen LogP contribution in [0.2, 0.25) is 5.02 Å². The van der Waals surface area contributed by atoms with E-state index in [-0.39, 0.29) is 18.8 Å². The maximum Gasteiger partial charge on any atom is 0.422 e. The molecular weight excluding hydrogens is 493 g/mol. The number of aliphatic hydroxyl groups is 4. The third-order valence-corrected chi connectivity index (χ3v) is 6.92. The van der Waals surface area contributed by atoms with Gasteiger partial charge in [0.05, 0.1) is 12.2 Å². The molecule has 0 spiro atoms. The van der Waals surface area contributed by atoms with Gasteiger partial charge >= 0.3 is 6.18 Å². The van der Waals surface area contributed by atoms with Crippen molar-refractivity contribution in [2.24, 2.45) is 0 Å². The van der Waals surface area contributed by atoms with E-state index < -0.39 is 48.1 Å². The summed E-state index contributed by atoms with van der Waals surface area (Å²) in [6.45, 7) is 1.14. The lowest BCUT2D eigenvalue weighted by molar-refractivity contribution is -0.348. The van der Waals surface area contributed by atoms with Crippen LogP contribution in [0, 0.1) is 0 Å². The van der Waals surface area contributed by atoms with Crippen LogP contribution in [0.3, 0.4) is 0 Å². The van der Waals surface area contributed by atoms with Gasteiger partial charge in [-0.3, -0.25) is 0 Å². The van der Waals surface area contributed by atoms with Crippen LogP contribution in [0.5, 0.6) is 5.75 Å². The van der Waals surface area contributed by atoms with Gasteiger partial charge in [0.15, 0.2) is 12.2 Å².